The Morgan fingerprint density at radius 1 is 1.08 bits per heavy atom. The van der Waals surface area contributed by atoms with Crippen molar-refractivity contribution in [2.45, 2.75) is 18.7 Å². The van der Waals surface area contributed by atoms with Crippen molar-refractivity contribution in [1.82, 2.24) is 4.31 Å². The number of benzene rings is 2. The molecule has 2 rings (SSSR count). The highest BCUT2D eigenvalue weighted by atomic mass is 32.2. The van der Waals surface area contributed by atoms with Gasteiger partial charge in [-0.15, -0.1) is 0 Å². The van der Waals surface area contributed by atoms with Gasteiger partial charge in [0.2, 0.25) is 15.9 Å². The Labute approximate surface area is 149 Å². The Morgan fingerprint density at radius 2 is 1.73 bits per heavy atom. The Balaban J connectivity index is 2.20. The lowest BCUT2D eigenvalue weighted by atomic mass is 10.1. The smallest absolute Gasteiger partial charge is 0.246 e. The van der Waals surface area contributed by atoms with Crippen LogP contribution in [0.2, 0.25) is 0 Å². The molecule has 0 aliphatic carbocycles. The molecule has 140 valence electrons. The van der Waals surface area contributed by atoms with E-state index in [-0.39, 0.29) is 0 Å². The van der Waals surface area contributed by atoms with Crippen LogP contribution >= 0.6 is 0 Å². The molecule has 2 aromatic carbocycles. The second kappa shape index (κ2) is 7.46. The summed E-state index contributed by atoms with van der Waals surface area (Å²) >= 11 is 0. The second-order valence-corrected chi connectivity index (χ2v) is 7.74. The second-order valence-electron chi connectivity index (χ2n) is 5.73. The molecule has 0 unspecified atom stereocenters. The van der Waals surface area contributed by atoms with Gasteiger partial charge < -0.3 is 5.32 Å². The number of anilines is 1. The molecule has 0 spiro atoms. The summed E-state index contributed by atoms with van der Waals surface area (Å²) in [6, 6.07) is 6.36. The first-order chi connectivity index (χ1) is 12.1. The highest BCUT2D eigenvalue weighted by molar-refractivity contribution is 7.89. The molecule has 9 heteroatoms. The third kappa shape index (κ3) is 3.88. The summed E-state index contributed by atoms with van der Waals surface area (Å²) in [6.45, 7) is 3.02. The van der Waals surface area contributed by atoms with Crippen molar-refractivity contribution in [1.29, 1.82) is 0 Å². The van der Waals surface area contributed by atoms with Crippen LogP contribution in [0.5, 0.6) is 0 Å². The van der Waals surface area contributed by atoms with Gasteiger partial charge in [-0.1, -0.05) is 12.1 Å². The molecular formula is C17H17F3N2O3S. The first-order valence-corrected chi connectivity index (χ1v) is 8.95. The number of aryl methyl sites for hydroxylation is 1. The summed E-state index contributed by atoms with van der Waals surface area (Å²) in [6.07, 6.45) is 0. The topological polar surface area (TPSA) is 66.5 Å². The van der Waals surface area contributed by atoms with Crippen LogP contribution in [-0.4, -0.2) is 32.2 Å². The van der Waals surface area contributed by atoms with Crippen LogP contribution in [-0.2, 0) is 14.8 Å². The van der Waals surface area contributed by atoms with Crippen LogP contribution in [0.3, 0.4) is 0 Å². The predicted molar refractivity (Wildman–Crippen MR) is 90.7 cm³/mol. The normalized spacial score (nSPS) is 11.7. The maximum atomic E-state index is 13.8. The van der Waals surface area contributed by atoms with Gasteiger partial charge in [-0.05, 0) is 43.2 Å². The molecule has 0 atom stereocenters. The van der Waals surface area contributed by atoms with Crippen molar-refractivity contribution >= 4 is 21.6 Å². The summed E-state index contributed by atoms with van der Waals surface area (Å²) in [5.41, 5.74) is 2.27. The molecule has 0 fully saturated rings. The van der Waals surface area contributed by atoms with E-state index in [1.807, 2.05) is 13.0 Å². The minimum atomic E-state index is -4.52. The molecule has 0 heterocycles. The van der Waals surface area contributed by atoms with Crippen molar-refractivity contribution in [3.05, 3.63) is 58.9 Å². The predicted octanol–water partition coefficient (Wildman–Crippen LogP) is 2.98. The van der Waals surface area contributed by atoms with E-state index >= 15 is 0 Å². The van der Waals surface area contributed by atoms with E-state index in [1.54, 1.807) is 19.1 Å². The van der Waals surface area contributed by atoms with Crippen molar-refractivity contribution in [2.24, 2.45) is 0 Å². The Hall–Kier alpha value is -2.39. The zero-order valence-electron chi connectivity index (χ0n) is 14.3. The van der Waals surface area contributed by atoms with Gasteiger partial charge in [0.05, 0.1) is 6.54 Å². The minimum absolute atomic E-state index is 0.509. The number of carbonyl (C=O) groups is 1. The monoisotopic (exact) mass is 386 g/mol. The van der Waals surface area contributed by atoms with Crippen molar-refractivity contribution in [3.8, 4) is 0 Å². The van der Waals surface area contributed by atoms with Crippen LogP contribution in [0.1, 0.15) is 11.1 Å². The molecule has 0 radical (unpaired) electrons. The Kier molecular flexibility index (Phi) is 5.72. The van der Waals surface area contributed by atoms with Gasteiger partial charge in [0.15, 0.2) is 17.5 Å². The lowest BCUT2D eigenvalue weighted by Gasteiger charge is -2.18. The molecule has 0 aromatic heterocycles. The lowest BCUT2D eigenvalue weighted by Crippen LogP contribution is -2.35. The fourth-order valence-corrected chi connectivity index (χ4v) is 3.42. The zero-order valence-corrected chi connectivity index (χ0v) is 15.1. The van der Waals surface area contributed by atoms with Gasteiger partial charge in [0.1, 0.15) is 4.90 Å². The number of hydrogen-bond donors (Lipinski definition) is 1. The van der Waals surface area contributed by atoms with Gasteiger partial charge in [0.25, 0.3) is 0 Å². The fourth-order valence-electron chi connectivity index (χ4n) is 2.24. The Morgan fingerprint density at radius 3 is 2.38 bits per heavy atom. The van der Waals surface area contributed by atoms with Gasteiger partial charge in [-0.25, -0.2) is 21.6 Å². The van der Waals surface area contributed by atoms with Crippen LogP contribution in [0.15, 0.2) is 35.2 Å². The van der Waals surface area contributed by atoms with Gasteiger partial charge in [-0.2, -0.15) is 4.31 Å². The maximum absolute atomic E-state index is 13.8. The standard InChI is InChI=1S/C17H17F3N2O3S/c1-10-5-4-6-13(11(10)2)21-15(23)9-22(3)26(24,25)14-8-7-12(18)16(19)17(14)20/h4-8H,9H2,1-3H3,(H,21,23). The minimum Gasteiger partial charge on any atom is -0.325 e. The van der Waals surface area contributed by atoms with Crippen LogP contribution in [0, 0.1) is 31.3 Å². The number of nitrogens with one attached hydrogen (secondary N) is 1. The highest BCUT2D eigenvalue weighted by Gasteiger charge is 2.29. The number of hydrogen-bond acceptors (Lipinski definition) is 3. The molecule has 0 saturated carbocycles. The molecular weight excluding hydrogens is 369 g/mol. The first-order valence-electron chi connectivity index (χ1n) is 7.51. The van der Waals surface area contributed by atoms with Crippen molar-refractivity contribution < 1.29 is 26.4 Å². The number of sulfonamides is 1. The number of halogens is 3. The van der Waals surface area contributed by atoms with Crippen LogP contribution in [0.25, 0.3) is 0 Å². The average Bonchev–Trinajstić information content (AvgIpc) is 2.56. The molecule has 1 N–H and O–H groups in total. The molecule has 1 amide bonds. The number of amides is 1. The molecule has 0 bridgehead atoms. The summed E-state index contributed by atoms with van der Waals surface area (Å²) in [7, 11) is -3.48. The van der Waals surface area contributed by atoms with E-state index in [4.69, 9.17) is 0 Å². The van der Waals surface area contributed by atoms with E-state index in [9.17, 15) is 26.4 Å². The largest absolute Gasteiger partial charge is 0.325 e. The summed E-state index contributed by atoms with van der Waals surface area (Å²) in [5, 5.41) is 2.57. The van der Waals surface area contributed by atoms with E-state index < -0.39 is 44.8 Å². The number of carbonyl (C=O) groups excluding carboxylic acids is 1. The molecule has 5 nitrogen and oxygen atoms in total. The first kappa shape index (κ1) is 19.9. The lowest BCUT2D eigenvalue weighted by molar-refractivity contribution is -0.116. The quantitative estimate of drug-likeness (QED) is 0.804. The third-order valence-electron chi connectivity index (χ3n) is 3.93. The van der Waals surface area contributed by atoms with Crippen molar-refractivity contribution in [2.75, 3.05) is 18.9 Å². The molecule has 26 heavy (non-hydrogen) atoms. The number of rotatable bonds is 5. The Bertz CT molecular complexity index is 962. The number of likely N-dealkylation sites (N-methyl/N-ethyl adjacent to an activating group) is 1. The van der Waals surface area contributed by atoms with Gasteiger partial charge in [-0.3, -0.25) is 4.79 Å². The summed E-state index contributed by atoms with van der Waals surface area (Å²) in [5.74, 6) is -5.88. The summed E-state index contributed by atoms with van der Waals surface area (Å²) in [4.78, 5) is 11.1. The third-order valence-corrected chi connectivity index (χ3v) is 5.75. The summed E-state index contributed by atoms with van der Waals surface area (Å²) < 4.78 is 65.3. The van der Waals surface area contributed by atoms with Gasteiger partial charge in [0, 0.05) is 12.7 Å². The zero-order chi connectivity index (χ0) is 19.6. The molecule has 0 aliphatic heterocycles. The van der Waals surface area contributed by atoms with E-state index in [0.29, 0.717) is 22.1 Å². The number of nitrogens with zero attached hydrogens (tertiary/aromatic N) is 1. The van der Waals surface area contributed by atoms with Crippen LogP contribution < -0.4 is 5.32 Å². The SMILES string of the molecule is Cc1cccc(NC(=O)CN(C)S(=O)(=O)c2ccc(F)c(F)c2F)c1C. The van der Waals surface area contributed by atoms with Gasteiger partial charge >= 0.3 is 0 Å². The van der Waals surface area contributed by atoms with E-state index in [2.05, 4.69) is 5.32 Å². The van der Waals surface area contributed by atoms with E-state index in [0.717, 1.165) is 18.2 Å². The molecule has 0 saturated heterocycles. The average molecular weight is 386 g/mol. The maximum Gasteiger partial charge on any atom is 0.246 e. The van der Waals surface area contributed by atoms with Crippen molar-refractivity contribution in [3.63, 3.8) is 0 Å². The van der Waals surface area contributed by atoms with E-state index in [1.165, 1.54) is 0 Å². The van der Waals surface area contributed by atoms with Crippen LogP contribution in [0.4, 0.5) is 18.9 Å². The highest BCUT2D eigenvalue weighted by Crippen LogP contribution is 2.23. The molecule has 0 aliphatic rings. The fraction of sp³-hybridized carbons (Fsp3) is 0.235. The molecule has 2 aromatic rings.